The van der Waals surface area contributed by atoms with E-state index in [0.717, 1.165) is 10.2 Å². The van der Waals surface area contributed by atoms with Gasteiger partial charge >= 0.3 is 5.97 Å². The summed E-state index contributed by atoms with van der Waals surface area (Å²) < 4.78 is 27.2. The van der Waals surface area contributed by atoms with Gasteiger partial charge in [-0.25, -0.2) is 14.2 Å². The highest BCUT2D eigenvalue weighted by atomic mass is 35.5. The fourth-order valence-corrected chi connectivity index (χ4v) is 4.72. The Bertz CT molecular complexity index is 1550. The first-order chi connectivity index (χ1) is 15.4. The van der Waals surface area contributed by atoms with Crippen molar-refractivity contribution in [3.05, 3.63) is 86.7 Å². The van der Waals surface area contributed by atoms with Gasteiger partial charge in [0, 0.05) is 6.07 Å². The molecule has 0 fully saturated rings. The molecule has 5 aromatic rings. The predicted octanol–water partition coefficient (Wildman–Crippen LogP) is 5.02. The van der Waals surface area contributed by atoms with Crippen LogP contribution in [0.4, 0.5) is 4.39 Å². The molecule has 7 nitrogen and oxygen atoms in total. The molecule has 32 heavy (non-hydrogen) atoms. The number of aryl methyl sites for hydroxylation is 1. The number of ether oxygens (including phenoxy) is 1. The van der Waals surface area contributed by atoms with Crippen LogP contribution in [0.15, 0.2) is 57.8 Å². The van der Waals surface area contributed by atoms with Crippen molar-refractivity contribution in [1.82, 2.24) is 14.5 Å². The van der Waals surface area contributed by atoms with Gasteiger partial charge in [-0.1, -0.05) is 46.3 Å². The molecule has 0 saturated carbocycles. The molecule has 0 saturated heterocycles. The number of hydrogen-bond acceptors (Lipinski definition) is 7. The number of carbonyl (C=O) groups is 1. The Balaban J connectivity index is 1.46. The third-order valence-electron chi connectivity index (χ3n) is 4.87. The molecule has 0 bridgehead atoms. The second kappa shape index (κ2) is 7.85. The number of fused-ring (bicyclic) bond motifs is 3. The van der Waals surface area contributed by atoms with Gasteiger partial charge in [-0.3, -0.25) is 9.20 Å². The third kappa shape index (κ3) is 3.35. The third-order valence-corrected chi connectivity index (χ3v) is 6.20. The summed E-state index contributed by atoms with van der Waals surface area (Å²) in [6.45, 7) is 1.25. The summed E-state index contributed by atoms with van der Waals surface area (Å²) in [5, 5.41) is 3.88. The van der Waals surface area contributed by atoms with Crippen molar-refractivity contribution in [3.63, 3.8) is 0 Å². The number of rotatable bonds is 4. The van der Waals surface area contributed by atoms with Crippen LogP contribution in [0.5, 0.6) is 0 Å². The number of thiazole rings is 1. The summed E-state index contributed by atoms with van der Waals surface area (Å²) >= 11 is 7.47. The van der Waals surface area contributed by atoms with Crippen LogP contribution in [0.3, 0.4) is 0 Å². The molecule has 0 aliphatic carbocycles. The maximum atomic E-state index is 14.4. The minimum atomic E-state index is -0.795. The van der Waals surface area contributed by atoms with Gasteiger partial charge < -0.3 is 9.26 Å². The summed E-state index contributed by atoms with van der Waals surface area (Å²) in [6, 6.07) is 12.9. The van der Waals surface area contributed by atoms with Crippen LogP contribution in [-0.2, 0) is 11.3 Å². The lowest BCUT2D eigenvalue weighted by Gasteiger charge is -2.07. The van der Waals surface area contributed by atoms with Crippen molar-refractivity contribution < 1.29 is 18.4 Å². The van der Waals surface area contributed by atoms with Crippen LogP contribution in [-0.4, -0.2) is 20.5 Å². The molecular weight excluding hydrogens is 457 g/mol. The second-order valence-electron chi connectivity index (χ2n) is 6.91. The fourth-order valence-electron chi connectivity index (χ4n) is 3.42. The number of para-hydroxylation sites is 1. The lowest BCUT2D eigenvalue weighted by atomic mass is 10.1. The number of hydrogen-bond donors (Lipinski definition) is 0. The molecule has 0 spiro atoms. The van der Waals surface area contributed by atoms with E-state index >= 15 is 0 Å². The molecule has 0 N–H and O–H groups in total. The molecule has 0 aliphatic heterocycles. The lowest BCUT2D eigenvalue weighted by molar-refractivity contribution is 0.0466. The van der Waals surface area contributed by atoms with Crippen LogP contribution in [0.2, 0.25) is 5.02 Å². The highest BCUT2D eigenvalue weighted by molar-refractivity contribution is 7.23. The molecule has 5 rings (SSSR count). The zero-order valence-corrected chi connectivity index (χ0v) is 18.0. The SMILES string of the molecule is Cc1onc(-c2c(F)cccc2Cl)c1C(=O)OCc1cc(=O)n2c(n1)sc1ccccc12. The Hall–Kier alpha value is -3.56. The quantitative estimate of drug-likeness (QED) is 0.343. The predicted molar refractivity (Wildman–Crippen MR) is 118 cm³/mol. The standard InChI is InChI=1S/C22H13ClFN3O4S/c1-11-18(20(26-31-11)19-13(23)5-4-6-14(19)24)21(29)30-10-12-9-17(28)27-15-7-2-3-8-16(15)32-22(27)25-12/h2-9H,10H2,1H3. The van der Waals surface area contributed by atoms with Gasteiger partial charge in [0.1, 0.15) is 29.4 Å². The highest BCUT2D eigenvalue weighted by Crippen LogP contribution is 2.34. The zero-order chi connectivity index (χ0) is 22.4. The number of esters is 1. The van der Waals surface area contributed by atoms with Gasteiger partial charge in [-0.05, 0) is 31.2 Å². The summed E-state index contributed by atoms with van der Waals surface area (Å²) in [4.78, 5) is 30.4. The lowest BCUT2D eigenvalue weighted by Crippen LogP contribution is -2.15. The van der Waals surface area contributed by atoms with E-state index in [0.29, 0.717) is 4.96 Å². The molecule has 3 aromatic heterocycles. The zero-order valence-electron chi connectivity index (χ0n) is 16.5. The van der Waals surface area contributed by atoms with E-state index in [1.54, 1.807) is 0 Å². The average molecular weight is 470 g/mol. The highest BCUT2D eigenvalue weighted by Gasteiger charge is 2.26. The largest absolute Gasteiger partial charge is 0.455 e. The van der Waals surface area contributed by atoms with Gasteiger partial charge in [0.05, 0.1) is 26.5 Å². The monoisotopic (exact) mass is 469 g/mol. The van der Waals surface area contributed by atoms with Crippen LogP contribution >= 0.6 is 22.9 Å². The maximum absolute atomic E-state index is 14.4. The van der Waals surface area contributed by atoms with Crippen molar-refractivity contribution in [2.75, 3.05) is 0 Å². The number of benzene rings is 2. The van der Waals surface area contributed by atoms with Crippen LogP contribution < -0.4 is 5.56 Å². The summed E-state index contributed by atoms with van der Waals surface area (Å²) in [5.41, 5.74) is 0.620. The van der Waals surface area contributed by atoms with Crippen LogP contribution in [0.25, 0.3) is 26.4 Å². The van der Waals surface area contributed by atoms with Crippen molar-refractivity contribution in [2.24, 2.45) is 0 Å². The van der Waals surface area contributed by atoms with Gasteiger partial charge in [0.15, 0.2) is 4.96 Å². The van der Waals surface area contributed by atoms with E-state index in [1.165, 1.54) is 46.9 Å². The average Bonchev–Trinajstić information content (AvgIpc) is 3.32. The topological polar surface area (TPSA) is 86.7 Å². The smallest absolute Gasteiger partial charge is 0.344 e. The molecule has 0 unspecified atom stereocenters. The minimum absolute atomic E-state index is 0.0448. The molecule has 0 aliphatic rings. The first-order valence-electron chi connectivity index (χ1n) is 9.42. The molecule has 0 amide bonds. The van der Waals surface area contributed by atoms with Crippen molar-refractivity contribution in [3.8, 4) is 11.3 Å². The molecule has 0 atom stereocenters. The van der Waals surface area contributed by atoms with E-state index in [-0.39, 0.29) is 45.5 Å². The number of carbonyl (C=O) groups excluding carboxylic acids is 1. The molecule has 2 aromatic carbocycles. The van der Waals surface area contributed by atoms with E-state index in [1.807, 2.05) is 24.3 Å². The van der Waals surface area contributed by atoms with Crippen LogP contribution in [0.1, 0.15) is 21.8 Å². The van der Waals surface area contributed by atoms with Crippen LogP contribution in [0, 0.1) is 12.7 Å². The van der Waals surface area contributed by atoms with E-state index < -0.39 is 11.8 Å². The molecule has 0 radical (unpaired) electrons. The first-order valence-corrected chi connectivity index (χ1v) is 10.6. The normalized spacial score (nSPS) is 11.3. The fraction of sp³-hybridized carbons (Fsp3) is 0.0909. The molecule has 3 heterocycles. The van der Waals surface area contributed by atoms with Crippen molar-refractivity contribution in [2.45, 2.75) is 13.5 Å². The van der Waals surface area contributed by atoms with E-state index in [9.17, 15) is 14.0 Å². The minimum Gasteiger partial charge on any atom is -0.455 e. The number of aromatic nitrogens is 3. The molecule has 160 valence electrons. The number of nitrogens with zero attached hydrogens (tertiary/aromatic N) is 3. The van der Waals surface area contributed by atoms with E-state index in [2.05, 4.69) is 10.1 Å². The van der Waals surface area contributed by atoms with Crippen molar-refractivity contribution in [1.29, 1.82) is 0 Å². The Morgan fingerprint density at radius 2 is 2.06 bits per heavy atom. The first kappa shape index (κ1) is 20.3. The summed E-state index contributed by atoms with van der Waals surface area (Å²) in [6.07, 6.45) is 0. The van der Waals surface area contributed by atoms with Gasteiger partial charge in [-0.2, -0.15) is 0 Å². The Morgan fingerprint density at radius 3 is 2.88 bits per heavy atom. The van der Waals surface area contributed by atoms with Crippen molar-refractivity contribution >= 4 is 44.1 Å². The van der Waals surface area contributed by atoms with Gasteiger partial charge in [-0.15, -0.1) is 0 Å². The maximum Gasteiger partial charge on any atom is 0.344 e. The van der Waals surface area contributed by atoms with Gasteiger partial charge in [0.25, 0.3) is 5.56 Å². The Morgan fingerprint density at radius 1 is 1.25 bits per heavy atom. The Kier molecular flexibility index (Phi) is 4.99. The summed E-state index contributed by atoms with van der Waals surface area (Å²) in [7, 11) is 0. The number of halogens is 2. The second-order valence-corrected chi connectivity index (χ2v) is 8.32. The van der Waals surface area contributed by atoms with E-state index in [4.69, 9.17) is 20.9 Å². The molecule has 10 heteroatoms. The molecular formula is C22H13ClFN3O4S. The summed E-state index contributed by atoms with van der Waals surface area (Å²) in [5.74, 6) is -1.29. The van der Waals surface area contributed by atoms with Gasteiger partial charge in [0.2, 0.25) is 0 Å². The Labute approximate surface area is 188 Å².